The lowest BCUT2D eigenvalue weighted by atomic mass is 10.2. The third kappa shape index (κ3) is 4.60. The van der Waals surface area contributed by atoms with Crippen LogP contribution in [0.2, 0.25) is 0 Å². The van der Waals surface area contributed by atoms with Gasteiger partial charge in [-0.1, -0.05) is 42.1 Å². The first kappa shape index (κ1) is 20.7. The monoisotopic (exact) mass is 425 g/mol. The van der Waals surface area contributed by atoms with Gasteiger partial charge in [0.1, 0.15) is 0 Å². The summed E-state index contributed by atoms with van der Waals surface area (Å²) in [5, 5.41) is 9.10. The molecule has 0 bridgehead atoms. The van der Waals surface area contributed by atoms with E-state index in [1.807, 2.05) is 41.5 Å². The van der Waals surface area contributed by atoms with Crippen molar-refractivity contribution in [3.8, 4) is 11.6 Å². The van der Waals surface area contributed by atoms with Gasteiger partial charge in [-0.3, -0.25) is 14.3 Å². The molecule has 1 unspecified atom stereocenters. The van der Waals surface area contributed by atoms with Gasteiger partial charge < -0.3 is 9.32 Å². The number of carbonyl (C=O) groups excluding carboxylic acids is 1. The number of rotatable bonds is 7. The van der Waals surface area contributed by atoms with Crippen molar-refractivity contribution in [2.45, 2.75) is 37.3 Å². The quantitative estimate of drug-likeness (QED) is 0.541. The summed E-state index contributed by atoms with van der Waals surface area (Å²) in [5.74, 6) is 1.54. The Kier molecular flexibility index (Phi) is 6.54. The Bertz CT molecular complexity index is 949. The number of amides is 1. The fraction of sp³-hybridized carbons (Fsp3) is 0.409. The maximum absolute atomic E-state index is 13.0. The van der Waals surface area contributed by atoms with Crippen LogP contribution < -0.4 is 0 Å². The summed E-state index contributed by atoms with van der Waals surface area (Å²) in [6.45, 7) is 8.94. The van der Waals surface area contributed by atoms with E-state index in [1.165, 1.54) is 17.3 Å². The molecule has 7 nitrogen and oxygen atoms in total. The number of furan rings is 1. The second kappa shape index (κ2) is 9.49. The molecule has 4 rings (SSSR count). The molecule has 3 aromatic rings. The lowest BCUT2D eigenvalue weighted by Gasteiger charge is -2.35. The molecule has 1 aliphatic rings. The van der Waals surface area contributed by atoms with Gasteiger partial charge in [-0.25, -0.2) is 0 Å². The summed E-state index contributed by atoms with van der Waals surface area (Å²) in [4.78, 5) is 17.4. The van der Waals surface area contributed by atoms with Crippen molar-refractivity contribution < 1.29 is 9.21 Å². The Morgan fingerprint density at radius 3 is 2.53 bits per heavy atom. The summed E-state index contributed by atoms with van der Waals surface area (Å²) in [7, 11) is 0. The molecule has 1 saturated heterocycles. The molecule has 1 fully saturated rings. The standard InChI is InChI=1S/C22H27N5O2S/c1-3-27-20(19-10-7-15-29-19)23-24-22(27)30-17(2)21(28)26-13-11-25(12-14-26)16-18-8-5-4-6-9-18/h4-10,15,17H,3,11-14,16H2,1-2H3. The fourth-order valence-electron chi connectivity index (χ4n) is 3.68. The van der Waals surface area contributed by atoms with Crippen LogP contribution in [0.5, 0.6) is 0 Å². The molecule has 0 aliphatic carbocycles. The first-order valence-electron chi connectivity index (χ1n) is 10.3. The number of thioether (sulfide) groups is 1. The number of aromatic nitrogens is 3. The molecular weight excluding hydrogens is 398 g/mol. The van der Waals surface area contributed by atoms with Crippen LogP contribution in [0.4, 0.5) is 0 Å². The smallest absolute Gasteiger partial charge is 0.235 e. The Morgan fingerprint density at radius 2 is 1.87 bits per heavy atom. The van der Waals surface area contributed by atoms with Crippen molar-refractivity contribution in [1.82, 2.24) is 24.6 Å². The van der Waals surface area contributed by atoms with Crippen LogP contribution in [0.3, 0.4) is 0 Å². The molecule has 1 amide bonds. The van der Waals surface area contributed by atoms with Crippen LogP contribution in [0.15, 0.2) is 58.3 Å². The van der Waals surface area contributed by atoms with E-state index in [2.05, 4.69) is 39.4 Å². The largest absolute Gasteiger partial charge is 0.461 e. The second-order valence-electron chi connectivity index (χ2n) is 7.37. The molecule has 8 heteroatoms. The molecule has 0 spiro atoms. The minimum Gasteiger partial charge on any atom is -0.461 e. The molecule has 0 saturated carbocycles. The minimum atomic E-state index is -0.218. The van der Waals surface area contributed by atoms with Gasteiger partial charge in [0.25, 0.3) is 0 Å². The SMILES string of the molecule is CCn1c(SC(C)C(=O)N2CCN(Cc3ccccc3)CC2)nnc1-c1ccco1. The highest BCUT2D eigenvalue weighted by molar-refractivity contribution is 8.00. The zero-order valence-electron chi connectivity index (χ0n) is 17.4. The van der Waals surface area contributed by atoms with Crippen molar-refractivity contribution in [2.24, 2.45) is 0 Å². The highest BCUT2D eigenvalue weighted by Crippen LogP contribution is 2.28. The number of nitrogens with zero attached hydrogens (tertiary/aromatic N) is 5. The molecule has 1 aliphatic heterocycles. The molecule has 1 aromatic carbocycles. The predicted octanol–water partition coefficient (Wildman–Crippen LogP) is 3.38. The summed E-state index contributed by atoms with van der Waals surface area (Å²) in [6.07, 6.45) is 1.63. The van der Waals surface area contributed by atoms with E-state index in [1.54, 1.807) is 6.26 Å². The lowest BCUT2D eigenvalue weighted by Crippen LogP contribution is -2.50. The zero-order valence-corrected chi connectivity index (χ0v) is 18.2. The Hall–Kier alpha value is -2.58. The van der Waals surface area contributed by atoms with Crippen LogP contribution in [-0.2, 0) is 17.9 Å². The van der Waals surface area contributed by atoms with Gasteiger partial charge in [0.2, 0.25) is 5.91 Å². The third-order valence-corrected chi connectivity index (χ3v) is 6.41. The normalized spacial score (nSPS) is 16.0. The van der Waals surface area contributed by atoms with E-state index in [0.29, 0.717) is 18.1 Å². The van der Waals surface area contributed by atoms with E-state index >= 15 is 0 Å². The molecule has 158 valence electrons. The summed E-state index contributed by atoms with van der Waals surface area (Å²) >= 11 is 1.46. The van der Waals surface area contributed by atoms with Gasteiger partial charge in [-0.2, -0.15) is 0 Å². The number of hydrogen-bond acceptors (Lipinski definition) is 6. The third-order valence-electron chi connectivity index (χ3n) is 5.34. The minimum absolute atomic E-state index is 0.157. The Labute approximate surface area is 181 Å². The van der Waals surface area contributed by atoms with E-state index in [0.717, 1.165) is 37.9 Å². The number of piperazine rings is 1. The molecule has 1 atom stereocenters. The van der Waals surface area contributed by atoms with Crippen LogP contribution in [-0.4, -0.2) is 61.9 Å². The number of benzene rings is 1. The maximum atomic E-state index is 13.0. The van der Waals surface area contributed by atoms with E-state index in [-0.39, 0.29) is 11.2 Å². The van der Waals surface area contributed by atoms with Gasteiger partial charge in [-0.15, -0.1) is 10.2 Å². The Morgan fingerprint density at radius 1 is 1.10 bits per heavy atom. The molecule has 0 radical (unpaired) electrons. The zero-order chi connectivity index (χ0) is 20.9. The average molecular weight is 426 g/mol. The van der Waals surface area contributed by atoms with Gasteiger partial charge in [0.05, 0.1) is 11.5 Å². The van der Waals surface area contributed by atoms with Gasteiger partial charge in [0, 0.05) is 39.3 Å². The van der Waals surface area contributed by atoms with Crippen LogP contribution in [0.25, 0.3) is 11.6 Å². The first-order chi connectivity index (χ1) is 14.7. The molecule has 3 heterocycles. The first-order valence-corrected chi connectivity index (χ1v) is 11.2. The van der Waals surface area contributed by atoms with E-state index < -0.39 is 0 Å². The van der Waals surface area contributed by atoms with Crippen molar-refractivity contribution in [3.63, 3.8) is 0 Å². The van der Waals surface area contributed by atoms with Gasteiger partial charge in [0.15, 0.2) is 16.7 Å². The molecule has 0 N–H and O–H groups in total. The second-order valence-corrected chi connectivity index (χ2v) is 8.68. The van der Waals surface area contributed by atoms with Crippen molar-refractivity contribution in [2.75, 3.05) is 26.2 Å². The van der Waals surface area contributed by atoms with Crippen LogP contribution in [0.1, 0.15) is 19.4 Å². The fourth-order valence-corrected chi connectivity index (χ4v) is 4.68. The average Bonchev–Trinajstić information content (AvgIpc) is 3.44. The molecule has 30 heavy (non-hydrogen) atoms. The summed E-state index contributed by atoms with van der Waals surface area (Å²) < 4.78 is 7.45. The predicted molar refractivity (Wildman–Crippen MR) is 117 cm³/mol. The highest BCUT2D eigenvalue weighted by Gasteiger charge is 2.27. The van der Waals surface area contributed by atoms with Crippen molar-refractivity contribution in [3.05, 3.63) is 54.3 Å². The van der Waals surface area contributed by atoms with Crippen LogP contribution >= 0.6 is 11.8 Å². The maximum Gasteiger partial charge on any atom is 0.235 e. The van der Waals surface area contributed by atoms with Crippen molar-refractivity contribution >= 4 is 17.7 Å². The van der Waals surface area contributed by atoms with Crippen molar-refractivity contribution in [1.29, 1.82) is 0 Å². The van der Waals surface area contributed by atoms with E-state index in [4.69, 9.17) is 4.42 Å². The molecule has 2 aromatic heterocycles. The Balaban J connectivity index is 1.33. The highest BCUT2D eigenvalue weighted by atomic mass is 32.2. The van der Waals surface area contributed by atoms with Gasteiger partial charge in [-0.05, 0) is 31.5 Å². The number of carbonyl (C=O) groups is 1. The topological polar surface area (TPSA) is 67.4 Å². The summed E-state index contributed by atoms with van der Waals surface area (Å²) in [6, 6.07) is 14.2. The number of hydrogen-bond donors (Lipinski definition) is 0. The van der Waals surface area contributed by atoms with E-state index in [9.17, 15) is 4.79 Å². The lowest BCUT2D eigenvalue weighted by molar-refractivity contribution is -0.132. The van der Waals surface area contributed by atoms with Gasteiger partial charge >= 0.3 is 0 Å². The van der Waals surface area contributed by atoms with Crippen LogP contribution in [0, 0.1) is 0 Å². The molecular formula is C22H27N5O2S. The summed E-state index contributed by atoms with van der Waals surface area (Å²) in [5.41, 5.74) is 1.31.